The van der Waals surface area contributed by atoms with Crippen LogP contribution in [0.15, 0.2) is 48.5 Å². The molecule has 0 aromatic heterocycles. The van der Waals surface area contributed by atoms with Crippen molar-refractivity contribution in [3.63, 3.8) is 0 Å². The van der Waals surface area contributed by atoms with Crippen molar-refractivity contribution in [3.8, 4) is 5.75 Å². The zero-order chi connectivity index (χ0) is 12.8. The minimum Gasteiger partial charge on any atom is -0.489 e. The molecule has 0 amide bonds. The quantitative estimate of drug-likeness (QED) is 0.881. The van der Waals surface area contributed by atoms with Gasteiger partial charge in [-0.1, -0.05) is 29.8 Å². The first kappa shape index (κ1) is 12.9. The Bertz CT molecular complexity index is 496. The minimum atomic E-state index is 0.499. The average Bonchev–Trinajstić information content (AvgIpc) is 2.40. The Morgan fingerprint density at radius 1 is 1.06 bits per heavy atom. The molecule has 0 spiro atoms. The SMILES string of the molecule is C[NH2+]Cc1ccc(OCc2ccccc2Cl)cc1. The first-order chi connectivity index (χ1) is 8.79. The third kappa shape index (κ3) is 3.49. The summed E-state index contributed by atoms with van der Waals surface area (Å²) in [5, 5.41) is 2.88. The van der Waals surface area contributed by atoms with E-state index in [4.69, 9.17) is 16.3 Å². The number of nitrogens with two attached hydrogens (primary N) is 1. The number of ether oxygens (including phenoxy) is 1. The van der Waals surface area contributed by atoms with Crippen molar-refractivity contribution < 1.29 is 10.1 Å². The summed E-state index contributed by atoms with van der Waals surface area (Å²) in [5.74, 6) is 0.870. The Balaban J connectivity index is 1.96. The van der Waals surface area contributed by atoms with Gasteiger partial charge in [0.05, 0.1) is 7.05 Å². The molecule has 0 aliphatic heterocycles. The van der Waals surface area contributed by atoms with Gasteiger partial charge in [-0.2, -0.15) is 0 Å². The Labute approximate surface area is 113 Å². The van der Waals surface area contributed by atoms with Crippen molar-refractivity contribution in [2.24, 2.45) is 0 Å². The number of benzene rings is 2. The zero-order valence-electron chi connectivity index (χ0n) is 10.4. The maximum absolute atomic E-state index is 6.07. The summed E-state index contributed by atoms with van der Waals surface area (Å²) in [4.78, 5) is 0. The van der Waals surface area contributed by atoms with E-state index in [1.165, 1.54) is 5.56 Å². The number of rotatable bonds is 5. The van der Waals surface area contributed by atoms with Crippen LogP contribution in [0, 0.1) is 0 Å². The highest BCUT2D eigenvalue weighted by Gasteiger charge is 2.00. The smallest absolute Gasteiger partial charge is 0.119 e. The molecule has 2 aromatic carbocycles. The van der Waals surface area contributed by atoms with Crippen LogP contribution in [-0.2, 0) is 13.2 Å². The van der Waals surface area contributed by atoms with E-state index < -0.39 is 0 Å². The van der Waals surface area contributed by atoms with Crippen LogP contribution < -0.4 is 10.1 Å². The average molecular weight is 263 g/mol. The third-order valence-electron chi connectivity index (χ3n) is 2.72. The van der Waals surface area contributed by atoms with Crippen LogP contribution >= 0.6 is 11.6 Å². The molecule has 2 aromatic rings. The van der Waals surface area contributed by atoms with Crippen LogP contribution in [0.3, 0.4) is 0 Å². The van der Waals surface area contributed by atoms with Gasteiger partial charge in [-0.25, -0.2) is 0 Å². The van der Waals surface area contributed by atoms with E-state index in [0.29, 0.717) is 6.61 Å². The van der Waals surface area contributed by atoms with Crippen LogP contribution in [0.25, 0.3) is 0 Å². The Morgan fingerprint density at radius 3 is 2.44 bits per heavy atom. The van der Waals surface area contributed by atoms with Gasteiger partial charge in [-0.15, -0.1) is 0 Å². The van der Waals surface area contributed by atoms with Crippen molar-refractivity contribution in [1.29, 1.82) is 0 Å². The summed E-state index contributed by atoms with van der Waals surface area (Å²) >= 11 is 6.07. The Kier molecular flexibility index (Phi) is 4.62. The van der Waals surface area contributed by atoms with Gasteiger partial charge in [-0.05, 0) is 30.3 Å². The molecule has 94 valence electrons. The van der Waals surface area contributed by atoms with Crippen molar-refractivity contribution in [2.75, 3.05) is 7.05 Å². The molecule has 0 atom stereocenters. The van der Waals surface area contributed by atoms with Crippen molar-refractivity contribution >= 4 is 11.6 Å². The van der Waals surface area contributed by atoms with Crippen LogP contribution in [-0.4, -0.2) is 7.05 Å². The monoisotopic (exact) mass is 262 g/mol. The molecule has 0 unspecified atom stereocenters. The minimum absolute atomic E-state index is 0.499. The van der Waals surface area contributed by atoms with E-state index in [1.54, 1.807) is 0 Å². The maximum atomic E-state index is 6.07. The molecule has 2 nitrogen and oxygen atoms in total. The molecule has 0 fully saturated rings. The lowest BCUT2D eigenvalue weighted by atomic mass is 10.2. The molecular weight excluding hydrogens is 246 g/mol. The number of hydrogen-bond acceptors (Lipinski definition) is 1. The fourth-order valence-corrected chi connectivity index (χ4v) is 1.92. The third-order valence-corrected chi connectivity index (χ3v) is 3.08. The summed E-state index contributed by atoms with van der Waals surface area (Å²) in [5.41, 5.74) is 2.30. The number of halogens is 1. The van der Waals surface area contributed by atoms with Crippen LogP contribution in [0.5, 0.6) is 5.75 Å². The number of hydrogen-bond donors (Lipinski definition) is 1. The van der Waals surface area contributed by atoms with Crippen molar-refractivity contribution in [2.45, 2.75) is 13.2 Å². The summed E-state index contributed by atoms with van der Waals surface area (Å²) < 4.78 is 5.71. The summed E-state index contributed by atoms with van der Waals surface area (Å²) in [7, 11) is 2.06. The van der Waals surface area contributed by atoms with E-state index in [2.05, 4.69) is 24.5 Å². The van der Waals surface area contributed by atoms with E-state index in [0.717, 1.165) is 22.9 Å². The van der Waals surface area contributed by atoms with E-state index >= 15 is 0 Å². The molecule has 0 heterocycles. The molecule has 0 aliphatic carbocycles. The first-order valence-corrected chi connectivity index (χ1v) is 6.40. The molecule has 0 radical (unpaired) electrons. The molecule has 0 aliphatic rings. The van der Waals surface area contributed by atoms with E-state index in [9.17, 15) is 0 Å². The molecule has 2 rings (SSSR count). The Hall–Kier alpha value is -1.51. The summed E-state index contributed by atoms with van der Waals surface area (Å²) in [6, 6.07) is 15.9. The molecular formula is C15H17ClNO+. The van der Waals surface area contributed by atoms with Gasteiger partial charge >= 0.3 is 0 Å². The second-order valence-electron chi connectivity index (χ2n) is 4.14. The highest BCUT2D eigenvalue weighted by atomic mass is 35.5. The first-order valence-electron chi connectivity index (χ1n) is 6.02. The predicted molar refractivity (Wildman–Crippen MR) is 73.8 cm³/mol. The summed E-state index contributed by atoms with van der Waals surface area (Å²) in [6.45, 7) is 1.49. The topological polar surface area (TPSA) is 25.8 Å². The molecule has 0 bridgehead atoms. The number of quaternary nitrogens is 1. The largest absolute Gasteiger partial charge is 0.489 e. The van der Waals surface area contributed by atoms with Crippen LogP contribution in [0.2, 0.25) is 5.02 Å². The van der Waals surface area contributed by atoms with Crippen LogP contribution in [0.1, 0.15) is 11.1 Å². The Morgan fingerprint density at radius 2 is 1.78 bits per heavy atom. The lowest BCUT2D eigenvalue weighted by molar-refractivity contribution is -0.643. The molecule has 3 heteroatoms. The van der Waals surface area contributed by atoms with Gasteiger partial charge in [0.2, 0.25) is 0 Å². The maximum Gasteiger partial charge on any atom is 0.119 e. The van der Waals surface area contributed by atoms with Gasteiger partial charge < -0.3 is 10.1 Å². The lowest BCUT2D eigenvalue weighted by Gasteiger charge is -2.08. The highest BCUT2D eigenvalue weighted by Crippen LogP contribution is 2.18. The molecule has 0 saturated heterocycles. The van der Waals surface area contributed by atoms with Gasteiger partial charge in [-0.3, -0.25) is 0 Å². The van der Waals surface area contributed by atoms with Gasteiger partial charge in [0, 0.05) is 16.1 Å². The fraction of sp³-hybridized carbons (Fsp3) is 0.200. The lowest BCUT2D eigenvalue weighted by Crippen LogP contribution is -2.77. The fourth-order valence-electron chi connectivity index (χ4n) is 1.73. The molecule has 18 heavy (non-hydrogen) atoms. The second kappa shape index (κ2) is 6.43. The molecule has 2 N–H and O–H groups in total. The van der Waals surface area contributed by atoms with Gasteiger partial charge in [0.15, 0.2) is 0 Å². The van der Waals surface area contributed by atoms with Crippen molar-refractivity contribution in [3.05, 3.63) is 64.7 Å². The van der Waals surface area contributed by atoms with Gasteiger partial charge in [0.25, 0.3) is 0 Å². The normalized spacial score (nSPS) is 10.3. The van der Waals surface area contributed by atoms with Gasteiger partial charge in [0.1, 0.15) is 18.9 Å². The van der Waals surface area contributed by atoms with E-state index in [-0.39, 0.29) is 0 Å². The second-order valence-corrected chi connectivity index (χ2v) is 4.54. The predicted octanol–water partition coefficient (Wildman–Crippen LogP) is 2.61. The van der Waals surface area contributed by atoms with Crippen LogP contribution in [0.4, 0.5) is 0 Å². The summed E-state index contributed by atoms with van der Waals surface area (Å²) in [6.07, 6.45) is 0. The highest BCUT2D eigenvalue weighted by molar-refractivity contribution is 6.31. The zero-order valence-corrected chi connectivity index (χ0v) is 11.2. The van der Waals surface area contributed by atoms with Crippen molar-refractivity contribution in [1.82, 2.24) is 0 Å². The van der Waals surface area contributed by atoms with E-state index in [1.807, 2.05) is 36.4 Å². The standard InChI is InChI=1S/C15H16ClNO/c1-17-10-12-6-8-14(9-7-12)18-11-13-4-2-3-5-15(13)16/h2-9,17H,10-11H2,1H3/p+1. The molecule has 0 saturated carbocycles.